The molecule has 0 N–H and O–H groups in total. The number of hydrogen-bond donors (Lipinski definition) is 0. The van der Waals surface area contributed by atoms with E-state index >= 15 is 0 Å². The molecular weight excluding hydrogens is 263 g/mol. The normalized spacial score (nSPS) is 20.2. The van der Waals surface area contributed by atoms with Gasteiger partial charge in [-0.3, -0.25) is 0 Å². The molecule has 4 heteroatoms. The van der Waals surface area contributed by atoms with Gasteiger partial charge in [0.05, 0.1) is 16.1 Å². The molecule has 1 atom stereocenters. The minimum absolute atomic E-state index is 0.452. The first-order valence-electron chi connectivity index (χ1n) is 5.39. The Labute approximate surface area is 110 Å². The average Bonchev–Trinajstić information content (AvgIpc) is 2.76. The molecule has 0 saturated carbocycles. The van der Waals surface area contributed by atoms with Crippen molar-refractivity contribution in [2.45, 2.75) is 24.7 Å². The maximum absolute atomic E-state index is 5.95. The second-order valence-corrected chi connectivity index (χ2v) is 5.74. The summed E-state index contributed by atoms with van der Waals surface area (Å²) in [5, 5.41) is 1.26. The summed E-state index contributed by atoms with van der Waals surface area (Å²) in [5.41, 5.74) is 1.22. The molecule has 0 amide bonds. The Morgan fingerprint density at radius 3 is 2.88 bits per heavy atom. The third-order valence-electron chi connectivity index (χ3n) is 2.58. The summed E-state index contributed by atoms with van der Waals surface area (Å²) in [7, 11) is 0. The summed E-state index contributed by atoms with van der Waals surface area (Å²) in [5.74, 6) is 2.04. The Kier molecular flexibility index (Phi) is 4.83. The molecule has 1 aromatic carbocycles. The van der Waals surface area contributed by atoms with Gasteiger partial charge in [-0.25, -0.2) is 0 Å². The van der Waals surface area contributed by atoms with E-state index in [0.29, 0.717) is 16.1 Å². The number of rotatable bonds is 4. The molecule has 88 valence electrons. The summed E-state index contributed by atoms with van der Waals surface area (Å²) in [4.78, 5) is 0. The van der Waals surface area contributed by atoms with E-state index in [-0.39, 0.29) is 0 Å². The zero-order valence-electron chi connectivity index (χ0n) is 8.92. The van der Waals surface area contributed by atoms with Crippen molar-refractivity contribution in [3.8, 4) is 0 Å². The summed E-state index contributed by atoms with van der Waals surface area (Å²) in [6.07, 6.45) is 2.86. The Morgan fingerprint density at radius 1 is 1.31 bits per heavy atom. The largest absolute Gasteiger partial charge is 0.377 e. The van der Waals surface area contributed by atoms with Gasteiger partial charge in [0.2, 0.25) is 0 Å². The van der Waals surface area contributed by atoms with Crippen LogP contribution in [0.3, 0.4) is 0 Å². The zero-order valence-corrected chi connectivity index (χ0v) is 11.2. The lowest BCUT2D eigenvalue weighted by molar-refractivity contribution is 0.129. The highest BCUT2D eigenvalue weighted by atomic mass is 35.5. The van der Waals surface area contributed by atoms with Crippen LogP contribution in [0.15, 0.2) is 18.2 Å². The molecule has 0 bridgehead atoms. The number of benzene rings is 1. The van der Waals surface area contributed by atoms with Crippen LogP contribution in [0.25, 0.3) is 0 Å². The van der Waals surface area contributed by atoms with Gasteiger partial charge in [0, 0.05) is 18.1 Å². The molecule has 0 unspecified atom stereocenters. The molecule has 0 spiro atoms. The predicted octanol–water partition coefficient (Wildman–Crippen LogP) is 4.41. The molecule has 0 radical (unpaired) electrons. The van der Waals surface area contributed by atoms with Crippen LogP contribution in [0.1, 0.15) is 18.4 Å². The lowest BCUT2D eigenvalue weighted by Crippen LogP contribution is -2.07. The number of ether oxygens (including phenoxy) is 1. The van der Waals surface area contributed by atoms with E-state index in [1.807, 2.05) is 30.0 Å². The Morgan fingerprint density at radius 2 is 2.19 bits per heavy atom. The summed E-state index contributed by atoms with van der Waals surface area (Å²) in [6, 6.07) is 5.81. The molecule has 0 aliphatic carbocycles. The summed E-state index contributed by atoms with van der Waals surface area (Å²) >= 11 is 13.7. The van der Waals surface area contributed by atoms with Crippen LogP contribution in [0, 0.1) is 0 Å². The molecule has 2 rings (SSSR count). The van der Waals surface area contributed by atoms with Gasteiger partial charge in [-0.2, -0.15) is 11.8 Å². The first-order chi connectivity index (χ1) is 7.75. The number of halogens is 2. The molecule has 1 saturated heterocycles. The van der Waals surface area contributed by atoms with E-state index < -0.39 is 0 Å². The third-order valence-corrected chi connectivity index (χ3v) is 4.46. The Hall–Kier alpha value is 0.110. The quantitative estimate of drug-likeness (QED) is 0.806. The van der Waals surface area contributed by atoms with Gasteiger partial charge in [-0.15, -0.1) is 0 Å². The standard InChI is InChI=1S/C12H14Cl2OS/c13-11-4-3-9(6-12(11)14)7-16-8-10-2-1-5-15-10/h3-4,6,10H,1-2,5,7-8H2/t10-/m1/s1. The van der Waals surface area contributed by atoms with Crippen LogP contribution in [0.2, 0.25) is 10.0 Å². The van der Waals surface area contributed by atoms with E-state index in [4.69, 9.17) is 27.9 Å². The topological polar surface area (TPSA) is 9.23 Å². The van der Waals surface area contributed by atoms with Crippen molar-refractivity contribution < 1.29 is 4.74 Å². The second-order valence-electron chi connectivity index (χ2n) is 3.90. The van der Waals surface area contributed by atoms with Crippen molar-refractivity contribution in [2.75, 3.05) is 12.4 Å². The van der Waals surface area contributed by atoms with Gasteiger partial charge < -0.3 is 4.74 Å². The molecule has 1 aromatic rings. The predicted molar refractivity (Wildman–Crippen MR) is 71.6 cm³/mol. The second kappa shape index (κ2) is 6.15. The van der Waals surface area contributed by atoms with Crippen LogP contribution in [0.5, 0.6) is 0 Å². The molecule has 1 nitrogen and oxygen atoms in total. The highest BCUT2D eigenvalue weighted by Crippen LogP contribution is 2.25. The molecule has 1 aliphatic heterocycles. The van der Waals surface area contributed by atoms with Gasteiger partial charge >= 0.3 is 0 Å². The van der Waals surface area contributed by atoms with Gasteiger partial charge in [0.25, 0.3) is 0 Å². The lowest BCUT2D eigenvalue weighted by atomic mass is 10.2. The van der Waals surface area contributed by atoms with Crippen molar-refractivity contribution in [1.29, 1.82) is 0 Å². The number of hydrogen-bond acceptors (Lipinski definition) is 2. The van der Waals surface area contributed by atoms with Gasteiger partial charge in [0.15, 0.2) is 0 Å². The fourth-order valence-corrected chi connectivity index (χ4v) is 3.09. The third kappa shape index (κ3) is 3.56. The summed E-state index contributed by atoms with van der Waals surface area (Å²) < 4.78 is 5.57. The fourth-order valence-electron chi connectivity index (χ4n) is 1.71. The van der Waals surface area contributed by atoms with Crippen molar-refractivity contribution in [1.82, 2.24) is 0 Å². The van der Waals surface area contributed by atoms with E-state index in [2.05, 4.69) is 0 Å². The van der Waals surface area contributed by atoms with Gasteiger partial charge in [-0.05, 0) is 30.5 Å². The first-order valence-corrected chi connectivity index (χ1v) is 7.30. The molecule has 1 heterocycles. The minimum Gasteiger partial charge on any atom is -0.377 e. The SMILES string of the molecule is Clc1ccc(CSC[C@H]2CCCO2)cc1Cl. The maximum atomic E-state index is 5.95. The molecule has 0 aromatic heterocycles. The molecular formula is C12H14Cl2OS. The van der Waals surface area contributed by atoms with Crippen LogP contribution < -0.4 is 0 Å². The van der Waals surface area contributed by atoms with E-state index in [0.717, 1.165) is 18.1 Å². The zero-order chi connectivity index (χ0) is 11.4. The number of thioether (sulfide) groups is 1. The van der Waals surface area contributed by atoms with Crippen LogP contribution in [-0.2, 0) is 10.5 Å². The Balaban J connectivity index is 1.78. The average molecular weight is 277 g/mol. The van der Waals surface area contributed by atoms with Gasteiger partial charge in [-0.1, -0.05) is 29.3 Å². The molecule has 1 aliphatic rings. The van der Waals surface area contributed by atoms with Crippen molar-refractivity contribution in [3.05, 3.63) is 33.8 Å². The fraction of sp³-hybridized carbons (Fsp3) is 0.500. The van der Waals surface area contributed by atoms with Crippen molar-refractivity contribution in [2.24, 2.45) is 0 Å². The van der Waals surface area contributed by atoms with E-state index in [1.54, 1.807) is 0 Å². The highest BCUT2D eigenvalue weighted by molar-refractivity contribution is 7.98. The highest BCUT2D eigenvalue weighted by Gasteiger charge is 2.14. The van der Waals surface area contributed by atoms with Crippen LogP contribution in [-0.4, -0.2) is 18.5 Å². The first kappa shape index (κ1) is 12.6. The van der Waals surface area contributed by atoms with Crippen LogP contribution >= 0.6 is 35.0 Å². The lowest BCUT2D eigenvalue weighted by Gasteiger charge is -2.08. The Bertz CT molecular complexity index is 351. The van der Waals surface area contributed by atoms with Crippen molar-refractivity contribution in [3.63, 3.8) is 0 Å². The van der Waals surface area contributed by atoms with Crippen molar-refractivity contribution >= 4 is 35.0 Å². The molecule has 1 fully saturated rings. The molecule has 16 heavy (non-hydrogen) atoms. The summed E-state index contributed by atoms with van der Waals surface area (Å²) in [6.45, 7) is 0.929. The van der Waals surface area contributed by atoms with E-state index in [9.17, 15) is 0 Å². The van der Waals surface area contributed by atoms with Crippen LogP contribution in [0.4, 0.5) is 0 Å². The smallest absolute Gasteiger partial charge is 0.0666 e. The van der Waals surface area contributed by atoms with Gasteiger partial charge in [0.1, 0.15) is 0 Å². The maximum Gasteiger partial charge on any atom is 0.0666 e. The minimum atomic E-state index is 0.452. The monoisotopic (exact) mass is 276 g/mol. The van der Waals surface area contributed by atoms with E-state index in [1.165, 1.54) is 18.4 Å².